The first-order valence-electron chi connectivity index (χ1n) is 7.80. The molecule has 0 heterocycles. The summed E-state index contributed by atoms with van der Waals surface area (Å²) >= 11 is 0. The zero-order valence-electron chi connectivity index (χ0n) is 14.5. The molecule has 0 aliphatic rings. The molecule has 0 aliphatic carbocycles. The van der Waals surface area contributed by atoms with Gasteiger partial charge in [0.25, 0.3) is 0 Å². The largest absolute Gasteiger partial charge is 0.478 e. The summed E-state index contributed by atoms with van der Waals surface area (Å²) in [7, 11) is -2.33. The Morgan fingerprint density at radius 3 is 2.50 bits per heavy atom. The van der Waals surface area contributed by atoms with Gasteiger partial charge in [-0.1, -0.05) is 13.8 Å². The predicted molar refractivity (Wildman–Crippen MR) is 93.0 cm³/mol. The molecular formula is C16H26N2O5S. The molecule has 0 radical (unpaired) electrons. The van der Waals surface area contributed by atoms with Crippen LogP contribution < -0.4 is 10.0 Å². The Kier molecular flexibility index (Phi) is 7.65. The maximum absolute atomic E-state index is 12.3. The highest BCUT2D eigenvalue weighted by Crippen LogP contribution is 2.21. The molecule has 0 spiro atoms. The fourth-order valence-corrected chi connectivity index (χ4v) is 3.39. The summed E-state index contributed by atoms with van der Waals surface area (Å²) in [5.41, 5.74) is 0.341. The molecule has 136 valence electrons. The lowest BCUT2D eigenvalue weighted by Gasteiger charge is -2.15. The van der Waals surface area contributed by atoms with E-state index in [0.717, 1.165) is 6.42 Å². The monoisotopic (exact) mass is 358 g/mol. The molecule has 8 heteroatoms. The number of benzene rings is 1. The zero-order chi connectivity index (χ0) is 18.3. The standard InChI is InChI=1S/C16H26N2O5S/c1-11(2)7-8-17-15-6-5-13(9-14(15)16(19)20)24(21,22)18-12(3)10-23-4/h5-6,9,11-12,17-18H,7-8,10H2,1-4H3,(H,19,20)/t12-/m1/s1. The van der Waals surface area contributed by atoms with E-state index in [1.807, 2.05) is 0 Å². The fourth-order valence-electron chi connectivity index (χ4n) is 2.13. The minimum absolute atomic E-state index is 0.0685. The van der Waals surface area contributed by atoms with Crippen LogP contribution in [0.4, 0.5) is 5.69 Å². The molecular weight excluding hydrogens is 332 g/mol. The van der Waals surface area contributed by atoms with Gasteiger partial charge in [0.05, 0.1) is 17.1 Å². The lowest BCUT2D eigenvalue weighted by Crippen LogP contribution is -2.35. The van der Waals surface area contributed by atoms with Gasteiger partial charge in [0, 0.05) is 25.4 Å². The first-order valence-corrected chi connectivity index (χ1v) is 9.28. The molecule has 0 fully saturated rings. The van der Waals surface area contributed by atoms with Crippen molar-refractivity contribution in [1.29, 1.82) is 0 Å². The summed E-state index contributed by atoms with van der Waals surface area (Å²) < 4.78 is 32.0. The molecule has 1 aromatic rings. The maximum Gasteiger partial charge on any atom is 0.337 e. The normalized spacial score (nSPS) is 13.0. The second-order valence-electron chi connectivity index (χ2n) is 6.10. The zero-order valence-corrected chi connectivity index (χ0v) is 15.3. The van der Waals surface area contributed by atoms with Crippen molar-refractivity contribution in [2.45, 2.75) is 38.1 Å². The number of carboxylic acid groups (broad SMARTS) is 1. The molecule has 24 heavy (non-hydrogen) atoms. The SMILES string of the molecule is COC[C@@H](C)NS(=O)(=O)c1ccc(NCCC(C)C)c(C(=O)O)c1. The number of carbonyl (C=O) groups is 1. The average molecular weight is 358 g/mol. The van der Waals surface area contributed by atoms with Crippen LogP contribution in [0.25, 0.3) is 0 Å². The number of carboxylic acids is 1. The lowest BCUT2D eigenvalue weighted by atomic mass is 10.1. The minimum atomic E-state index is -3.81. The van der Waals surface area contributed by atoms with Crippen LogP contribution in [0.15, 0.2) is 23.1 Å². The van der Waals surface area contributed by atoms with Crippen LogP contribution in [-0.2, 0) is 14.8 Å². The number of hydrogen-bond donors (Lipinski definition) is 3. The highest BCUT2D eigenvalue weighted by molar-refractivity contribution is 7.89. The molecule has 0 aromatic heterocycles. The highest BCUT2D eigenvalue weighted by atomic mass is 32.2. The number of methoxy groups -OCH3 is 1. The van der Waals surface area contributed by atoms with Crippen LogP contribution in [0, 0.1) is 5.92 Å². The fraction of sp³-hybridized carbons (Fsp3) is 0.562. The topological polar surface area (TPSA) is 105 Å². The van der Waals surface area contributed by atoms with E-state index >= 15 is 0 Å². The van der Waals surface area contributed by atoms with Crippen molar-refractivity contribution in [3.05, 3.63) is 23.8 Å². The lowest BCUT2D eigenvalue weighted by molar-refractivity contribution is 0.0697. The Hall–Kier alpha value is -1.64. The van der Waals surface area contributed by atoms with E-state index in [2.05, 4.69) is 23.9 Å². The van der Waals surface area contributed by atoms with E-state index in [1.165, 1.54) is 25.3 Å². The molecule has 1 aromatic carbocycles. The van der Waals surface area contributed by atoms with Gasteiger partial charge in [0.2, 0.25) is 10.0 Å². The van der Waals surface area contributed by atoms with Crippen LogP contribution in [0.1, 0.15) is 37.6 Å². The van der Waals surface area contributed by atoms with Crippen molar-refractivity contribution in [2.24, 2.45) is 5.92 Å². The summed E-state index contributed by atoms with van der Waals surface area (Å²) in [6, 6.07) is 3.63. The highest BCUT2D eigenvalue weighted by Gasteiger charge is 2.20. The molecule has 0 unspecified atom stereocenters. The molecule has 0 amide bonds. The van der Waals surface area contributed by atoms with Gasteiger partial charge in [-0.3, -0.25) is 0 Å². The van der Waals surface area contributed by atoms with Crippen molar-refractivity contribution in [1.82, 2.24) is 4.72 Å². The Morgan fingerprint density at radius 2 is 1.96 bits per heavy atom. The summed E-state index contributed by atoms with van der Waals surface area (Å²) in [5.74, 6) is -0.694. The van der Waals surface area contributed by atoms with Crippen LogP contribution in [0.2, 0.25) is 0 Å². The third-order valence-electron chi connectivity index (χ3n) is 3.34. The van der Waals surface area contributed by atoms with Gasteiger partial charge in [0.1, 0.15) is 0 Å². The van der Waals surface area contributed by atoms with E-state index in [-0.39, 0.29) is 17.1 Å². The van der Waals surface area contributed by atoms with E-state index in [0.29, 0.717) is 18.2 Å². The first kappa shape index (κ1) is 20.4. The third kappa shape index (κ3) is 6.10. The smallest absolute Gasteiger partial charge is 0.337 e. The Morgan fingerprint density at radius 1 is 1.29 bits per heavy atom. The number of sulfonamides is 1. The molecule has 0 saturated carbocycles. The molecule has 3 N–H and O–H groups in total. The minimum Gasteiger partial charge on any atom is -0.478 e. The summed E-state index contributed by atoms with van der Waals surface area (Å²) in [5, 5.41) is 12.4. The Bertz CT molecular complexity index is 658. The van der Waals surface area contributed by atoms with E-state index in [1.54, 1.807) is 6.92 Å². The van der Waals surface area contributed by atoms with E-state index in [9.17, 15) is 18.3 Å². The van der Waals surface area contributed by atoms with Crippen molar-refractivity contribution in [3.63, 3.8) is 0 Å². The number of nitrogens with one attached hydrogen (secondary N) is 2. The second-order valence-corrected chi connectivity index (χ2v) is 7.81. The second kappa shape index (κ2) is 9.00. The van der Waals surface area contributed by atoms with Gasteiger partial charge >= 0.3 is 5.97 Å². The molecule has 0 aliphatic heterocycles. The van der Waals surface area contributed by atoms with Gasteiger partial charge in [-0.05, 0) is 37.5 Å². The van der Waals surface area contributed by atoms with Crippen LogP contribution >= 0.6 is 0 Å². The van der Waals surface area contributed by atoms with Gasteiger partial charge in [-0.2, -0.15) is 0 Å². The summed E-state index contributed by atoms with van der Waals surface area (Å²) in [6.07, 6.45) is 0.884. The van der Waals surface area contributed by atoms with Gasteiger partial charge in [-0.25, -0.2) is 17.9 Å². The number of rotatable bonds is 10. The quantitative estimate of drug-likeness (QED) is 0.592. The molecule has 0 bridgehead atoms. The summed E-state index contributed by atoms with van der Waals surface area (Å²) in [6.45, 7) is 6.65. The first-order chi connectivity index (χ1) is 11.2. The van der Waals surface area contributed by atoms with Crippen molar-refractivity contribution >= 4 is 21.7 Å². The van der Waals surface area contributed by atoms with Crippen LogP contribution in [-0.4, -0.2) is 45.8 Å². The predicted octanol–water partition coefficient (Wildman–Crippen LogP) is 2.16. The van der Waals surface area contributed by atoms with Crippen molar-refractivity contribution in [3.8, 4) is 0 Å². The molecule has 0 saturated heterocycles. The van der Waals surface area contributed by atoms with E-state index in [4.69, 9.17) is 4.74 Å². The Labute approximate surface area is 143 Å². The van der Waals surface area contributed by atoms with Gasteiger partial charge in [-0.15, -0.1) is 0 Å². The van der Waals surface area contributed by atoms with E-state index < -0.39 is 22.0 Å². The number of aromatic carboxylic acids is 1. The van der Waals surface area contributed by atoms with Crippen molar-refractivity contribution < 1.29 is 23.1 Å². The van der Waals surface area contributed by atoms with Crippen LogP contribution in [0.3, 0.4) is 0 Å². The molecule has 7 nitrogen and oxygen atoms in total. The molecule has 1 rings (SSSR count). The summed E-state index contributed by atoms with van der Waals surface area (Å²) in [4.78, 5) is 11.4. The van der Waals surface area contributed by atoms with Crippen LogP contribution in [0.5, 0.6) is 0 Å². The molecule has 1 atom stereocenters. The third-order valence-corrected chi connectivity index (χ3v) is 4.93. The number of ether oxygens (including phenoxy) is 1. The number of hydrogen-bond acceptors (Lipinski definition) is 5. The Balaban J connectivity index is 3.02. The van der Waals surface area contributed by atoms with Crippen molar-refractivity contribution in [2.75, 3.05) is 25.6 Å². The average Bonchev–Trinajstić information content (AvgIpc) is 2.46. The van der Waals surface area contributed by atoms with Gasteiger partial charge < -0.3 is 15.2 Å². The maximum atomic E-state index is 12.3. The van der Waals surface area contributed by atoms with Gasteiger partial charge in [0.15, 0.2) is 0 Å². The number of anilines is 1.